The third-order valence-electron chi connectivity index (χ3n) is 3.00. The summed E-state index contributed by atoms with van der Waals surface area (Å²) in [6.45, 7) is 2.34. The molecule has 7 heteroatoms. The van der Waals surface area contributed by atoms with Gasteiger partial charge in [0.25, 0.3) is 5.70 Å². The molecule has 2 aliphatic rings. The van der Waals surface area contributed by atoms with Crippen molar-refractivity contribution in [3.63, 3.8) is 0 Å². The van der Waals surface area contributed by atoms with Crippen molar-refractivity contribution < 1.29 is 14.1 Å². The molecule has 1 N–H and O–H groups in total. The van der Waals surface area contributed by atoms with Crippen LogP contribution in [0.15, 0.2) is 11.4 Å². The number of allylic oxidation sites excluding steroid dienone is 1. The average molecular weight is 231 g/mol. The number of alkyl halides is 1. The molecule has 0 aromatic rings. The molecule has 2 aliphatic heterocycles. The van der Waals surface area contributed by atoms with E-state index in [2.05, 4.69) is 5.43 Å². The Kier molecular flexibility index (Phi) is 3.06. The molecule has 0 radical (unpaired) electrons. The van der Waals surface area contributed by atoms with Crippen LogP contribution in [0.2, 0.25) is 0 Å². The van der Waals surface area contributed by atoms with Gasteiger partial charge in [-0.15, -0.1) is 0 Å². The molecule has 0 aromatic carbocycles. The number of ether oxygens (including phenoxy) is 1. The van der Waals surface area contributed by atoms with Gasteiger partial charge in [-0.2, -0.15) is 0 Å². The lowest BCUT2D eigenvalue weighted by Gasteiger charge is -2.34. The molecule has 2 unspecified atom stereocenters. The van der Waals surface area contributed by atoms with Crippen molar-refractivity contribution in [2.45, 2.75) is 25.6 Å². The van der Waals surface area contributed by atoms with Gasteiger partial charge in [-0.3, -0.25) is 15.1 Å². The summed E-state index contributed by atoms with van der Waals surface area (Å²) >= 11 is 0. The minimum Gasteiger partial charge on any atom is -0.378 e. The smallest absolute Gasteiger partial charge is 0.281 e. The monoisotopic (exact) mass is 231 g/mol. The first kappa shape index (κ1) is 11.3. The zero-order valence-electron chi connectivity index (χ0n) is 8.98. The minimum absolute atomic E-state index is 0.0594. The first-order chi connectivity index (χ1) is 7.61. The number of halogens is 1. The van der Waals surface area contributed by atoms with E-state index < -0.39 is 11.1 Å². The highest BCUT2D eigenvalue weighted by atomic mass is 19.1. The van der Waals surface area contributed by atoms with Gasteiger partial charge in [-0.25, -0.2) is 9.82 Å². The fourth-order valence-corrected chi connectivity index (χ4v) is 2.09. The summed E-state index contributed by atoms with van der Waals surface area (Å²) in [5.74, 6) is 0. The lowest BCUT2D eigenvalue weighted by atomic mass is 10.1. The Morgan fingerprint density at radius 3 is 3.00 bits per heavy atom. The predicted molar refractivity (Wildman–Crippen MR) is 53.7 cm³/mol. The van der Waals surface area contributed by atoms with Gasteiger partial charge in [-0.05, 0) is 13.3 Å². The summed E-state index contributed by atoms with van der Waals surface area (Å²) in [6.07, 6.45) is -0.571. The molecule has 2 atom stereocenters. The van der Waals surface area contributed by atoms with Gasteiger partial charge in [0.1, 0.15) is 18.4 Å². The topological polar surface area (TPSA) is 67.6 Å². The standard InChI is InChI=1S/C9H14FN3O3/c1-6-9(13(14)15)4-11-12(6)8-2-3-16-5-7(8)10/h7-8,11H,2-5H2,1H3. The Hall–Kier alpha value is -1.21. The molecule has 16 heavy (non-hydrogen) atoms. The number of hydrogen-bond acceptors (Lipinski definition) is 5. The molecule has 1 saturated heterocycles. The van der Waals surface area contributed by atoms with E-state index in [9.17, 15) is 14.5 Å². The third-order valence-corrected chi connectivity index (χ3v) is 3.00. The lowest BCUT2D eigenvalue weighted by molar-refractivity contribution is -0.425. The molecular formula is C9H14FN3O3. The molecule has 0 saturated carbocycles. The Morgan fingerprint density at radius 1 is 1.69 bits per heavy atom. The molecular weight excluding hydrogens is 217 g/mol. The average Bonchev–Trinajstić information content (AvgIpc) is 2.61. The van der Waals surface area contributed by atoms with Gasteiger partial charge in [0.2, 0.25) is 0 Å². The number of rotatable bonds is 2. The number of nitrogens with one attached hydrogen (secondary N) is 1. The van der Waals surface area contributed by atoms with Crippen LogP contribution in [0.5, 0.6) is 0 Å². The van der Waals surface area contributed by atoms with Crippen LogP contribution in [0.1, 0.15) is 13.3 Å². The van der Waals surface area contributed by atoms with E-state index in [1.54, 1.807) is 11.9 Å². The van der Waals surface area contributed by atoms with E-state index in [1.807, 2.05) is 0 Å². The van der Waals surface area contributed by atoms with Crippen LogP contribution in [0.4, 0.5) is 4.39 Å². The second-order valence-corrected chi connectivity index (χ2v) is 3.94. The van der Waals surface area contributed by atoms with Crippen LogP contribution >= 0.6 is 0 Å². The summed E-state index contributed by atoms with van der Waals surface area (Å²) < 4.78 is 18.6. The van der Waals surface area contributed by atoms with Crippen molar-refractivity contribution >= 4 is 0 Å². The molecule has 0 spiro atoms. The summed E-state index contributed by atoms with van der Waals surface area (Å²) in [5, 5.41) is 12.3. The van der Waals surface area contributed by atoms with E-state index >= 15 is 0 Å². The molecule has 0 aromatic heterocycles. The summed E-state index contributed by atoms with van der Waals surface area (Å²) in [6, 6.07) is -0.369. The van der Waals surface area contributed by atoms with Gasteiger partial charge in [0.05, 0.1) is 17.6 Å². The Morgan fingerprint density at radius 2 is 2.44 bits per heavy atom. The first-order valence-corrected chi connectivity index (χ1v) is 5.20. The number of hydrazine groups is 1. The van der Waals surface area contributed by atoms with E-state index in [-0.39, 0.29) is 24.9 Å². The maximum Gasteiger partial charge on any atom is 0.281 e. The maximum absolute atomic E-state index is 13.6. The molecule has 2 heterocycles. The zero-order chi connectivity index (χ0) is 11.7. The molecule has 0 amide bonds. The van der Waals surface area contributed by atoms with Crippen molar-refractivity contribution in [2.24, 2.45) is 0 Å². The minimum atomic E-state index is -1.11. The Labute approximate surface area is 92.2 Å². The second-order valence-electron chi connectivity index (χ2n) is 3.94. The van der Waals surface area contributed by atoms with Crippen LogP contribution in [-0.4, -0.2) is 41.9 Å². The summed E-state index contributed by atoms with van der Waals surface area (Å²) in [5.41, 5.74) is 3.47. The fourth-order valence-electron chi connectivity index (χ4n) is 2.09. The normalized spacial score (nSPS) is 31.0. The van der Waals surface area contributed by atoms with Gasteiger partial charge < -0.3 is 4.74 Å². The van der Waals surface area contributed by atoms with Crippen LogP contribution in [0.25, 0.3) is 0 Å². The Bertz CT molecular complexity index is 334. The maximum atomic E-state index is 13.6. The van der Waals surface area contributed by atoms with E-state index in [0.29, 0.717) is 18.7 Å². The zero-order valence-corrected chi connectivity index (χ0v) is 8.98. The van der Waals surface area contributed by atoms with Crippen molar-refractivity contribution in [3.05, 3.63) is 21.5 Å². The predicted octanol–water partition coefficient (Wildman–Crippen LogP) is 0.442. The lowest BCUT2D eigenvalue weighted by Crippen LogP contribution is -2.50. The van der Waals surface area contributed by atoms with Crippen molar-refractivity contribution in [2.75, 3.05) is 19.8 Å². The van der Waals surface area contributed by atoms with Crippen molar-refractivity contribution in [1.82, 2.24) is 10.4 Å². The van der Waals surface area contributed by atoms with Gasteiger partial charge >= 0.3 is 0 Å². The molecule has 0 bridgehead atoms. The number of nitro groups is 1. The van der Waals surface area contributed by atoms with E-state index in [1.165, 1.54) is 0 Å². The quantitative estimate of drug-likeness (QED) is 0.551. The fraction of sp³-hybridized carbons (Fsp3) is 0.778. The summed E-state index contributed by atoms with van der Waals surface area (Å²) in [7, 11) is 0. The van der Waals surface area contributed by atoms with Crippen LogP contribution in [0, 0.1) is 10.1 Å². The second kappa shape index (κ2) is 4.34. The van der Waals surface area contributed by atoms with Crippen LogP contribution < -0.4 is 5.43 Å². The largest absolute Gasteiger partial charge is 0.378 e. The van der Waals surface area contributed by atoms with Crippen LogP contribution in [-0.2, 0) is 4.74 Å². The highest BCUT2D eigenvalue weighted by Gasteiger charge is 2.37. The van der Waals surface area contributed by atoms with Crippen molar-refractivity contribution in [3.8, 4) is 0 Å². The molecule has 90 valence electrons. The Balaban J connectivity index is 2.14. The highest BCUT2D eigenvalue weighted by molar-refractivity contribution is 5.12. The van der Waals surface area contributed by atoms with Gasteiger partial charge in [0, 0.05) is 6.61 Å². The van der Waals surface area contributed by atoms with E-state index in [4.69, 9.17) is 4.74 Å². The van der Waals surface area contributed by atoms with Gasteiger partial charge in [0.15, 0.2) is 0 Å². The first-order valence-electron chi connectivity index (χ1n) is 5.20. The van der Waals surface area contributed by atoms with E-state index in [0.717, 1.165) is 0 Å². The highest BCUT2D eigenvalue weighted by Crippen LogP contribution is 2.24. The molecule has 1 fully saturated rings. The van der Waals surface area contributed by atoms with Gasteiger partial charge in [-0.1, -0.05) is 0 Å². The molecule has 6 nitrogen and oxygen atoms in total. The number of hydrogen-bond donors (Lipinski definition) is 1. The third kappa shape index (κ3) is 1.88. The summed E-state index contributed by atoms with van der Waals surface area (Å²) in [4.78, 5) is 10.3. The molecule has 2 rings (SSSR count). The molecule has 0 aliphatic carbocycles. The van der Waals surface area contributed by atoms with Crippen molar-refractivity contribution in [1.29, 1.82) is 0 Å². The number of nitrogens with zero attached hydrogens (tertiary/aromatic N) is 2. The SMILES string of the molecule is CC1=C([N+](=O)[O-])CNN1C1CCOCC1F. The van der Waals surface area contributed by atoms with Crippen LogP contribution in [0.3, 0.4) is 0 Å².